The van der Waals surface area contributed by atoms with Crippen LogP contribution in [0.4, 0.5) is 11.4 Å². The third kappa shape index (κ3) is 4.38. The maximum atomic E-state index is 12.2. The van der Waals surface area contributed by atoms with Crippen LogP contribution in [0.3, 0.4) is 0 Å². The van der Waals surface area contributed by atoms with Crippen molar-refractivity contribution in [3.8, 4) is 0 Å². The van der Waals surface area contributed by atoms with Gasteiger partial charge in [-0.2, -0.15) is 0 Å². The summed E-state index contributed by atoms with van der Waals surface area (Å²) in [5, 5.41) is 26.7. The highest BCUT2D eigenvalue weighted by molar-refractivity contribution is 7.97. The monoisotopic (exact) mass is 402 g/mol. The van der Waals surface area contributed by atoms with E-state index in [0.29, 0.717) is 18.7 Å². The van der Waals surface area contributed by atoms with Crippen LogP contribution in [0.1, 0.15) is 5.56 Å². The summed E-state index contributed by atoms with van der Waals surface area (Å²) in [5.74, 6) is -0.181. The molecule has 0 unspecified atom stereocenters. The lowest BCUT2D eigenvalue weighted by molar-refractivity contribution is -0.383. The minimum atomic E-state index is -0.554. The molecule has 3 aromatic rings. The first-order valence-corrected chi connectivity index (χ1v) is 9.20. The third-order valence-electron chi connectivity index (χ3n) is 4.16. The van der Waals surface area contributed by atoms with E-state index in [1.807, 2.05) is 24.3 Å². The van der Waals surface area contributed by atoms with Crippen molar-refractivity contribution in [1.29, 1.82) is 0 Å². The standard InChI is InChI=1S/C17H18N6O4S/c1-22(13-6-7-14(23(25)26)17-16(13)20-27-21-17)10-15(24)19-9-8-11-2-4-12(28-18)5-3-11/h2-7H,8-10,18H2,1H3,(H,19,24). The zero-order valence-electron chi connectivity index (χ0n) is 15.0. The van der Waals surface area contributed by atoms with E-state index in [0.717, 1.165) is 10.5 Å². The predicted octanol–water partition coefficient (Wildman–Crippen LogP) is 1.89. The molecule has 2 aromatic carbocycles. The Morgan fingerprint density at radius 3 is 2.64 bits per heavy atom. The van der Waals surface area contributed by atoms with E-state index in [9.17, 15) is 14.9 Å². The minimum absolute atomic E-state index is 0.0499. The van der Waals surface area contributed by atoms with Gasteiger partial charge in [-0.25, -0.2) is 4.63 Å². The van der Waals surface area contributed by atoms with Gasteiger partial charge in [-0.05, 0) is 52.4 Å². The zero-order valence-corrected chi connectivity index (χ0v) is 15.8. The molecule has 146 valence electrons. The second-order valence-corrected chi connectivity index (χ2v) is 6.75. The van der Waals surface area contributed by atoms with Crippen molar-refractivity contribution in [1.82, 2.24) is 15.6 Å². The van der Waals surface area contributed by atoms with Gasteiger partial charge in [-0.1, -0.05) is 12.1 Å². The average Bonchev–Trinajstić information content (AvgIpc) is 3.17. The number of non-ortho nitro benzene ring substituents is 1. The summed E-state index contributed by atoms with van der Waals surface area (Å²) >= 11 is 1.19. The Morgan fingerprint density at radius 1 is 1.25 bits per heavy atom. The summed E-state index contributed by atoms with van der Waals surface area (Å²) in [6.07, 6.45) is 0.694. The molecule has 0 saturated heterocycles. The Bertz CT molecular complexity index is 991. The number of nitrogens with zero attached hydrogens (tertiary/aromatic N) is 4. The highest BCUT2D eigenvalue weighted by Crippen LogP contribution is 2.30. The smallest absolute Gasteiger partial charge is 0.300 e. The van der Waals surface area contributed by atoms with Gasteiger partial charge in [-0.3, -0.25) is 20.0 Å². The summed E-state index contributed by atoms with van der Waals surface area (Å²) in [5.41, 5.74) is 1.71. The Balaban J connectivity index is 1.58. The van der Waals surface area contributed by atoms with Crippen LogP contribution in [-0.4, -0.2) is 41.3 Å². The van der Waals surface area contributed by atoms with Gasteiger partial charge in [0.1, 0.15) is 0 Å². The lowest BCUT2D eigenvalue weighted by atomic mass is 10.1. The average molecular weight is 402 g/mol. The lowest BCUT2D eigenvalue weighted by Gasteiger charge is -2.18. The van der Waals surface area contributed by atoms with Crippen LogP contribution in [0, 0.1) is 10.1 Å². The normalized spacial score (nSPS) is 10.8. The van der Waals surface area contributed by atoms with Gasteiger partial charge in [-0.15, -0.1) is 0 Å². The number of fused-ring (bicyclic) bond motifs is 1. The predicted molar refractivity (Wildman–Crippen MR) is 105 cm³/mol. The summed E-state index contributed by atoms with van der Waals surface area (Å²) in [7, 11) is 1.69. The molecule has 10 nitrogen and oxygen atoms in total. The third-order valence-corrected chi connectivity index (χ3v) is 4.70. The largest absolute Gasteiger partial charge is 0.363 e. The van der Waals surface area contributed by atoms with Crippen molar-refractivity contribution in [2.24, 2.45) is 5.14 Å². The second kappa shape index (κ2) is 8.67. The molecule has 0 radical (unpaired) electrons. The number of hydrogen-bond acceptors (Lipinski definition) is 9. The van der Waals surface area contributed by atoms with Crippen molar-refractivity contribution in [3.63, 3.8) is 0 Å². The Kier molecular flexibility index (Phi) is 6.06. The van der Waals surface area contributed by atoms with Gasteiger partial charge >= 0.3 is 5.69 Å². The number of anilines is 1. The number of amides is 1. The zero-order chi connectivity index (χ0) is 20.1. The van der Waals surface area contributed by atoms with E-state index in [4.69, 9.17) is 5.14 Å². The number of carbonyl (C=O) groups is 1. The van der Waals surface area contributed by atoms with Crippen molar-refractivity contribution >= 4 is 40.3 Å². The molecule has 3 N–H and O–H groups in total. The van der Waals surface area contributed by atoms with Crippen molar-refractivity contribution in [2.45, 2.75) is 11.3 Å². The van der Waals surface area contributed by atoms with E-state index in [1.165, 1.54) is 24.1 Å². The molecule has 0 aliphatic heterocycles. The SMILES string of the molecule is CN(CC(=O)NCCc1ccc(SN)cc1)c1ccc([N+](=O)[O-])c2nonc12. The molecule has 0 bridgehead atoms. The fourth-order valence-corrected chi connectivity index (χ4v) is 3.03. The van der Waals surface area contributed by atoms with Gasteiger partial charge in [0.25, 0.3) is 0 Å². The molecule has 1 aromatic heterocycles. The molecule has 1 amide bonds. The number of rotatable bonds is 8. The Morgan fingerprint density at radius 2 is 1.96 bits per heavy atom. The van der Waals surface area contributed by atoms with Crippen LogP contribution in [0.15, 0.2) is 45.9 Å². The van der Waals surface area contributed by atoms with Crippen LogP contribution >= 0.6 is 11.9 Å². The first-order chi connectivity index (χ1) is 13.5. The summed E-state index contributed by atoms with van der Waals surface area (Å²) in [6.45, 7) is 0.547. The fraction of sp³-hybridized carbons (Fsp3) is 0.235. The quantitative estimate of drug-likeness (QED) is 0.328. The van der Waals surface area contributed by atoms with Crippen molar-refractivity contribution < 1.29 is 14.3 Å². The van der Waals surface area contributed by atoms with E-state index >= 15 is 0 Å². The summed E-state index contributed by atoms with van der Waals surface area (Å²) in [4.78, 5) is 25.3. The van der Waals surface area contributed by atoms with E-state index in [2.05, 4.69) is 20.3 Å². The highest BCUT2D eigenvalue weighted by Gasteiger charge is 2.21. The van der Waals surface area contributed by atoms with Crippen LogP contribution in [0.25, 0.3) is 11.0 Å². The minimum Gasteiger partial charge on any atom is -0.363 e. The van der Waals surface area contributed by atoms with Gasteiger partial charge in [0, 0.05) is 24.6 Å². The Hall–Kier alpha value is -3.18. The van der Waals surface area contributed by atoms with Crippen LogP contribution in [0.5, 0.6) is 0 Å². The molecular formula is C17H18N6O4S. The molecule has 0 saturated carbocycles. The maximum absolute atomic E-state index is 12.2. The number of nitro groups is 1. The molecule has 28 heavy (non-hydrogen) atoms. The maximum Gasteiger partial charge on any atom is 0.300 e. The van der Waals surface area contributed by atoms with Crippen molar-refractivity contribution in [3.05, 3.63) is 52.1 Å². The number of hydrogen-bond donors (Lipinski definition) is 2. The second-order valence-electron chi connectivity index (χ2n) is 6.04. The van der Waals surface area contributed by atoms with Gasteiger partial charge in [0.05, 0.1) is 17.2 Å². The molecule has 1 heterocycles. The van der Waals surface area contributed by atoms with Gasteiger partial charge in [0.15, 0.2) is 5.52 Å². The first kappa shape index (κ1) is 19.6. The number of aromatic nitrogens is 2. The van der Waals surface area contributed by atoms with Gasteiger partial charge < -0.3 is 10.2 Å². The fourth-order valence-electron chi connectivity index (χ4n) is 2.73. The number of nitrogens with one attached hydrogen (secondary N) is 1. The van der Waals surface area contributed by atoms with Crippen LogP contribution in [0.2, 0.25) is 0 Å². The van der Waals surface area contributed by atoms with Crippen molar-refractivity contribution in [2.75, 3.05) is 25.0 Å². The molecule has 0 aliphatic carbocycles. The van der Waals surface area contributed by atoms with E-state index < -0.39 is 4.92 Å². The lowest BCUT2D eigenvalue weighted by Crippen LogP contribution is -2.36. The highest BCUT2D eigenvalue weighted by atomic mass is 32.2. The molecule has 0 atom stereocenters. The van der Waals surface area contributed by atoms with Gasteiger partial charge in [0.2, 0.25) is 11.4 Å². The van der Waals surface area contributed by atoms with E-state index in [1.54, 1.807) is 11.9 Å². The summed E-state index contributed by atoms with van der Waals surface area (Å²) < 4.78 is 4.64. The Labute approximate surface area is 164 Å². The van der Waals surface area contributed by atoms with Crippen LogP contribution < -0.4 is 15.4 Å². The molecule has 0 spiro atoms. The number of likely N-dealkylation sites (N-methyl/N-ethyl adjacent to an activating group) is 1. The topological polar surface area (TPSA) is 140 Å². The molecular weight excluding hydrogens is 384 g/mol. The number of nitrogens with two attached hydrogens (primary N) is 1. The molecule has 3 rings (SSSR count). The molecule has 11 heteroatoms. The van der Waals surface area contributed by atoms with E-state index in [-0.39, 0.29) is 29.2 Å². The first-order valence-electron chi connectivity index (χ1n) is 8.32. The number of benzene rings is 2. The molecule has 0 aliphatic rings. The number of nitro benzene ring substituents is 1. The van der Waals surface area contributed by atoms with Crippen LogP contribution in [-0.2, 0) is 11.2 Å². The molecule has 0 fully saturated rings. The number of carbonyl (C=O) groups excluding carboxylic acids is 1. The summed E-state index contributed by atoms with van der Waals surface area (Å²) in [6, 6.07) is 10.6.